The lowest BCUT2D eigenvalue weighted by Gasteiger charge is -2.19. The minimum absolute atomic E-state index is 0.246. The number of nitrogens with one attached hydrogen (secondary N) is 1. The van der Waals surface area contributed by atoms with Crippen molar-refractivity contribution >= 4 is 0 Å². The molecule has 0 aromatic heterocycles. The van der Waals surface area contributed by atoms with E-state index in [0.29, 0.717) is 12.5 Å². The molecule has 3 nitrogen and oxygen atoms in total. The summed E-state index contributed by atoms with van der Waals surface area (Å²) in [5, 5.41) is 11.7. The van der Waals surface area contributed by atoms with Gasteiger partial charge in [-0.2, -0.15) is 5.26 Å². The third-order valence-corrected chi connectivity index (χ3v) is 2.26. The summed E-state index contributed by atoms with van der Waals surface area (Å²) in [6, 6.07) is 2.52. The Morgan fingerprint density at radius 3 is 2.62 bits per heavy atom. The van der Waals surface area contributed by atoms with Crippen LogP contribution in [0.4, 0.5) is 0 Å². The quantitative estimate of drug-likeness (QED) is 0.612. The molecule has 0 aliphatic heterocycles. The van der Waals surface area contributed by atoms with Crippen LogP contribution in [0.1, 0.15) is 33.1 Å². The van der Waals surface area contributed by atoms with Gasteiger partial charge in [-0.3, -0.25) is 0 Å². The number of methoxy groups -OCH3 is 1. The van der Waals surface area contributed by atoms with E-state index in [0.717, 1.165) is 19.4 Å². The lowest BCUT2D eigenvalue weighted by atomic mass is 10.2. The molecule has 2 unspecified atom stereocenters. The van der Waals surface area contributed by atoms with E-state index in [9.17, 15) is 0 Å². The molecule has 2 atom stereocenters. The number of unbranched alkanes of at least 4 members (excludes halogenated alkanes) is 2. The molecule has 0 saturated carbocycles. The van der Waals surface area contributed by atoms with Crippen molar-refractivity contribution in [2.45, 2.75) is 45.3 Å². The topological polar surface area (TPSA) is 45.0 Å². The van der Waals surface area contributed by atoms with Crippen molar-refractivity contribution < 1.29 is 4.74 Å². The lowest BCUT2D eigenvalue weighted by Crippen LogP contribution is -2.37. The third kappa shape index (κ3) is 6.56. The van der Waals surface area contributed by atoms with Crippen LogP contribution in [0.3, 0.4) is 0 Å². The normalized spacial score (nSPS) is 14.9. The number of nitriles is 1. The van der Waals surface area contributed by atoms with Gasteiger partial charge in [0.2, 0.25) is 0 Å². The zero-order valence-corrected chi connectivity index (χ0v) is 8.84. The van der Waals surface area contributed by atoms with E-state index >= 15 is 0 Å². The van der Waals surface area contributed by atoms with Crippen molar-refractivity contribution in [3.8, 4) is 6.07 Å². The van der Waals surface area contributed by atoms with E-state index in [1.165, 1.54) is 0 Å². The number of rotatable bonds is 7. The van der Waals surface area contributed by atoms with Crippen molar-refractivity contribution in [2.24, 2.45) is 0 Å². The van der Waals surface area contributed by atoms with Gasteiger partial charge in [0, 0.05) is 19.6 Å². The maximum atomic E-state index is 8.31. The summed E-state index contributed by atoms with van der Waals surface area (Å²) >= 11 is 0. The second-order valence-electron chi connectivity index (χ2n) is 3.30. The molecule has 0 heterocycles. The molecule has 0 radical (unpaired) electrons. The van der Waals surface area contributed by atoms with Gasteiger partial charge in [0.15, 0.2) is 0 Å². The second-order valence-corrected chi connectivity index (χ2v) is 3.30. The molecular weight excluding hydrogens is 164 g/mol. The molecule has 0 fully saturated rings. The minimum Gasteiger partial charge on any atom is -0.380 e. The third-order valence-electron chi connectivity index (χ3n) is 2.26. The van der Waals surface area contributed by atoms with Gasteiger partial charge < -0.3 is 10.1 Å². The summed E-state index contributed by atoms with van der Waals surface area (Å²) in [6.07, 6.45) is 2.96. The van der Waals surface area contributed by atoms with E-state index in [4.69, 9.17) is 10.00 Å². The fourth-order valence-electron chi connectivity index (χ4n) is 1.03. The summed E-state index contributed by atoms with van der Waals surface area (Å²) in [4.78, 5) is 0. The molecule has 0 spiro atoms. The smallest absolute Gasteiger partial charge is 0.0693 e. The summed E-state index contributed by atoms with van der Waals surface area (Å²) in [5.74, 6) is 0. The first-order valence-electron chi connectivity index (χ1n) is 4.85. The first kappa shape index (κ1) is 12.4. The van der Waals surface area contributed by atoms with Crippen molar-refractivity contribution in [1.82, 2.24) is 5.32 Å². The Morgan fingerprint density at radius 1 is 1.38 bits per heavy atom. The van der Waals surface area contributed by atoms with Crippen LogP contribution in [-0.2, 0) is 4.74 Å². The van der Waals surface area contributed by atoms with Crippen LogP contribution >= 0.6 is 0 Å². The lowest BCUT2D eigenvalue weighted by molar-refractivity contribution is 0.0887. The molecule has 76 valence electrons. The summed E-state index contributed by atoms with van der Waals surface area (Å²) in [5.41, 5.74) is 0. The first-order valence-corrected chi connectivity index (χ1v) is 4.85. The predicted octanol–water partition coefficient (Wildman–Crippen LogP) is 1.69. The minimum atomic E-state index is 0.246. The summed E-state index contributed by atoms with van der Waals surface area (Å²) in [7, 11) is 1.72. The van der Waals surface area contributed by atoms with Crippen molar-refractivity contribution in [3.63, 3.8) is 0 Å². The van der Waals surface area contributed by atoms with Crippen molar-refractivity contribution in [1.29, 1.82) is 5.26 Å². The molecule has 13 heavy (non-hydrogen) atoms. The zero-order chi connectivity index (χ0) is 10.1. The molecule has 0 aromatic carbocycles. The van der Waals surface area contributed by atoms with E-state index in [-0.39, 0.29) is 6.10 Å². The highest BCUT2D eigenvalue weighted by Crippen LogP contribution is 1.97. The standard InChI is InChI=1S/C10H20N2O/c1-9(10(2)13-3)12-8-6-4-5-7-11/h9-10,12H,4-6,8H2,1-3H3. The van der Waals surface area contributed by atoms with Crippen LogP contribution in [0.25, 0.3) is 0 Å². The highest BCUT2D eigenvalue weighted by Gasteiger charge is 2.08. The Labute approximate surface area is 81.1 Å². The van der Waals surface area contributed by atoms with Gasteiger partial charge in [0.1, 0.15) is 0 Å². The van der Waals surface area contributed by atoms with Crippen molar-refractivity contribution in [2.75, 3.05) is 13.7 Å². The average molecular weight is 184 g/mol. The van der Waals surface area contributed by atoms with Gasteiger partial charge in [0.05, 0.1) is 12.2 Å². The van der Waals surface area contributed by atoms with Crippen LogP contribution in [0, 0.1) is 11.3 Å². The molecule has 0 bridgehead atoms. The molecule has 0 saturated heterocycles. The fraction of sp³-hybridized carbons (Fsp3) is 0.900. The number of hydrogen-bond donors (Lipinski definition) is 1. The van der Waals surface area contributed by atoms with E-state index in [1.807, 2.05) is 6.92 Å². The molecular formula is C10H20N2O. The fourth-order valence-corrected chi connectivity index (χ4v) is 1.03. The second kappa shape index (κ2) is 8.03. The Hall–Kier alpha value is -0.590. The van der Waals surface area contributed by atoms with Gasteiger partial charge in [0.25, 0.3) is 0 Å². The molecule has 0 aliphatic carbocycles. The van der Waals surface area contributed by atoms with Gasteiger partial charge in [-0.15, -0.1) is 0 Å². The van der Waals surface area contributed by atoms with Gasteiger partial charge >= 0.3 is 0 Å². The van der Waals surface area contributed by atoms with Gasteiger partial charge in [-0.05, 0) is 33.2 Å². The molecule has 0 amide bonds. The maximum Gasteiger partial charge on any atom is 0.0693 e. The molecule has 0 aromatic rings. The summed E-state index contributed by atoms with van der Waals surface area (Å²) in [6.45, 7) is 5.13. The predicted molar refractivity (Wildman–Crippen MR) is 53.4 cm³/mol. The zero-order valence-electron chi connectivity index (χ0n) is 8.84. The maximum absolute atomic E-state index is 8.31. The van der Waals surface area contributed by atoms with E-state index < -0.39 is 0 Å². The number of hydrogen-bond acceptors (Lipinski definition) is 3. The van der Waals surface area contributed by atoms with Crippen LogP contribution < -0.4 is 5.32 Å². The molecule has 1 N–H and O–H groups in total. The highest BCUT2D eigenvalue weighted by atomic mass is 16.5. The molecule has 0 rings (SSSR count). The monoisotopic (exact) mass is 184 g/mol. The number of ether oxygens (including phenoxy) is 1. The van der Waals surface area contributed by atoms with Gasteiger partial charge in [-0.1, -0.05) is 0 Å². The van der Waals surface area contributed by atoms with Crippen molar-refractivity contribution in [3.05, 3.63) is 0 Å². The van der Waals surface area contributed by atoms with Crippen LogP contribution in [0.2, 0.25) is 0 Å². The average Bonchev–Trinajstić information content (AvgIpc) is 2.16. The Kier molecular flexibility index (Phi) is 7.66. The largest absolute Gasteiger partial charge is 0.380 e. The van der Waals surface area contributed by atoms with E-state index in [1.54, 1.807) is 7.11 Å². The Morgan fingerprint density at radius 2 is 2.08 bits per heavy atom. The number of nitrogens with zero attached hydrogens (tertiary/aromatic N) is 1. The molecule has 0 aliphatic rings. The van der Waals surface area contributed by atoms with Crippen LogP contribution in [0.15, 0.2) is 0 Å². The molecule has 3 heteroatoms. The highest BCUT2D eigenvalue weighted by molar-refractivity contribution is 4.70. The Bertz CT molecular complexity index is 153. The summed E-state index contributed by atoms with van der Waals surface area (Å²) < 4.78 is 5.18. The van der Waals surface area contributed by atoms with Crippen LogP contribution in [-0.4, -0.2) is 25.8 Å². The van der Waals surface area contributed by atoms with E-state index in [2.05, 4.69) is 18.3 Å². The van der Waals surface area contributed by atoms with Crippen LogP contribution in [0.5, 0.6) is 0 Å². The first-order chi connectivity index (χ1) is 6.22. The SMILES string of the molecule is COC(C)C(C)NCCCCC#N. The van der Waals surface area contributed by atoms with Gasteiger partial charge in [-0.25, -0.2) is 0 Å². The Balaban J connectivity index is 3.27.